The van der Waals surface area contributed by atoms with Crippen molar-refractivity contribution in [1.29, 1.82) is 0 Å². The summed E-state index contributed by atoms with van der Waals surface area (Å²) in [7, 11) is 1.41. The van der Waals surface area contributed by atoms with Gasteiger partial charge >= 0.3 is 0 Å². The van der Waals surface area contributed by atoms with Gasteiger partial charge in [0, 0.05) is 5.19 Å². The molecule has 10 heavy (non-hydrogen) atoms. The first kappa shape index (κ1) is 7.31. The van der Waals surface area contributed by atoms with E-state index in [2.05, 4.69) is 0 Å². The highest BCUT2D eigenvalue weighted by atomic mass is 28.2. The molecule has 0 heterocycles. The third-order valence-electron chi connectivity index (χ3n) is 1.23. The average molecular weight is 152 g/mol. The fraction of sp³-hybridized carbons (Fsp3) is 0.143. The molecule has 1 aromatic carbocycles. The quantitative estimate of drug-likeness (QED) is 0.601. The average Bonchev–Trinajstić information content (AvgIpc) is 2.04. The molecule has 1 rings (SSSR count). The molecule has 0 fully saturated rings. The van der Waals surface area contributed by atoms with Crippen LogP contribution in [-0.4, -0.2) is 21.7 Å². The van der Waals surface area contributed by atoms with Gasteiger partial charge in [0.15, 0.2) is 0 Å². The Labute approximate surface area is 62.4 Å². The summed E-state index contributed by atoms with van der Waals surface area (Å²) in [6.45, 7) is 0. The van der Waals surface area contributed by atoms with Crippen LogP contribution in [0.1, 0.15) is 0 Å². The van der Waals surface area contributed by atoms with Crippen molar-refractivity contribution in [3.05, 3.63) is 24.3 Å². The Balaban J connectivity index is 2.96. The minimum Gasteiger partial charge on any atom is -0.497 e. The third kappa shape index (κ3) is 1.37. The molecule has 0 aliphatic carbocycles. The van der Waals surface area contributed by atoms with Crippen LogP contribution in [-0.2, 0) is 0 Å². The van der Waals surface area contributed by atoms with E-state index in [4.69, 9.17) is 9.53 Å². The van der Waals surface area contributed by atoms with Crippen LogP contribution in [0.2, 0.25) is 0 Å². The van der Waals surface area contributed by atoms with Crippen molar-refractivity contribution in [2.24, 2.45) is 0 Å². The van der Waals surface area contributed by atoms with Gasteiger partial charge in [-0.25, -0.2) is 0 Å². The summed E-state index contributed by atoms with van der Waals surface area (Å²) in [6.07, 6.45) is 0. The number of methoxy groups -OCH3 is 1. The maximum Gasteiger partial charge on any atom is 0.269 e. The predicted molar refractivity (Wildman–Crippen MR) is 40.6 cm³/mol. The van der Waals surface area contributed by atoms with E-state index in [0.29, 0.717) is 0 Å². The molecule has 0 bridgehead atoms. The number of benzene rings is 1. The van der Waals surface area contributed by atoms with Crippen molar-refractivity contribution < 1.29 is 9.53 Å². The lowest BCUT2D eigenvalue weighted by Gasteiger charge is -2.02. The number of rotatable bonds is 2. The van der Waals surface area contributed by atoms with E-state index >= 15 is 0 Å². The summed E-state index contributed by atoms with van der Waals surface area (Å²) in [5.74, 6) is 0.753. The molecule has 52 valence electrons. The minimum absolute atomic E-state index is 0.189. The highest BCUT2D eigenvalue weighted by Crippen LogP contribution is 2.02. The first-order valence-corrected chi connectivity index (χ1v) is 3.86. The van der Waals surface area contributed by atoms with Crippen molar-refractivity contribution in [1.82, 2.24) is 0 Å². The first-order valence-electron chi connectivity index (χ1n) is 2.91. The van der Waals surface area contributed by atoms with Gasteiger partial charge < -0.3 is 9.53 Å². The van der Waals surface area contributed by atoms with Gasteiger partial charge in [0.05, 0.1) is 7.11 Å². The van der Waals surface area contributed by atoms with Gasteiger partial charge in [-0.3, -0.25) is 0 Å². The van der Waals surface area contributed by atoms with Crippen molar-refractivity contribution in [2.75, 3.05) is 7.11 Å². The van der Waals surface area contributed by atoms with E-state index in [-0.39, 0.29) is 9.76 Å². The van der Waals surface area contributed by atoms with E-state index in [0.717, 1.165) is 10.9 Å². The molecule has 0 aliphatic heterocycles. The molecule has 0 spiro atoms. The van der Waals surface area contributed by atoms with Crippen molar-refractivity contribution in [3.8, 4) is 5.75 Å². The van der Waals surface area contributed by atoms with Gasteiger partial charge in [-0.05, 0) is 6.07 Å². The molecule has 3 heteroatoms. The summed E-state index contributed by atoms with van der Waals surface area (Å²) in [6, 6.07) is 7.43. The summed E-state index contributed by atoms with van der Waals surface area (Å²) >= 11 is 0. The molecule has 0 unspecified atom stereocenters. The molecule has 0 saturated carbocycles. The third-order valence-corrected chi connectivity index (χ3v) is 1.88. The molecule has 1 aromatic rings. The van der Waals surface area contributed by atoms with Crippen LogP contribution in [0, 0.1) is 0 Å². The molecule has 0 aromatic heterocycles. The van der Waals surface area contributed by atoms with Gasteiger partial charge in [0.2, 0.25) is 0 Å². The number of ether oxygens (including phenoxy) is 1. The molecule has 0 amide bonds. The minimum atomic E-state index is -0.189. The maximum absolute atomic E-state index is 8.80. The van der Waals surface area contributed by atoms with Crippen LogP contribution in [0.4, 0.5) is 0 Å². The summed E-state index contributed by atoms with van der Waals surface area (Å²) in [4.78, 5) is 8.80. The topological polar surface area (TPSA) is 29.5 Å². The molecule has 2 radical (unpaired) electrons. The van der Waals surface area contributed by atoms with Crippen LogP contribution in [0.3, 0.4) is 0 Å². The lowest BCUT2D eigenvalue weighted by atomic mass is 10.3. The van der Waals surface area contributed by atoms with E-state index in [9.17, 15) is 0 Å². The highest BCUT2D eigenvalue weighted by molar-refractivity contribution is 6.46. The van der Waals surface area contributed by atoms with Crippen LogP contribution < -0.4 is 9.92 Å². The number of para-hydroxylation sites is 1. The van der Waals surface area contributed by atoms with Gasteiger partial charge in [-0.15, -0.1) is 0 Å². The predicted octanol–water partition coefficient (Wildman–Crippen LogP) is -0.0680. The number of hydrogen-bond acceptors (Lipinski definition) is 2. The van der Waals surface area contributed by atoms with Gasteiger partial charge in [0.25, 0.3) is 9.76 Å². The monoisotopic (exact) mass is 152 g/mol. The summed E-state index contributed by atoms with van der Waals surface area (Å²) in [5, 5.41) is 0.852. The lowest BCUT2D eigenvalue weighted by Crippen LogP contribution is -2.15. The van der Waals surface area contributed by atoms with Crippen molar-refractivity contribution >= 4 is 14.9 Å². The maximum atomic E-state index is 8.80. The molecule has 1 N–H and O–H groups in total. The lowest BCUT2D eigenvalue weighted by molar-refractivity contribution is 0.417. The smallest absolute Gasteiger partial charge is 0.269 e. The van der Waals surface area contributed by atoms with Crippen LogP contribution in [0.5, 0.6) is 5.75 Å². The summed E-state index contributed by atoms with van der Waals surface area (Å²) < 4.78 is 4.98. The fourth-order valence-electron chi connectivity index (χ4n) is 0.737. The fourth-order valence-corrected chi connectivity index (χ4v) is 1.20. The Hall–Kier alpha value is -0.803. The van der Waals surface area contributed by atoms with Crippen molar-refractivity contribution in [3.63, 3.8) is 0 Å². The second-order valence-corrected chi connectivity index (χ2v) is 2.57. The zero-order valence-electron chi connectivity index (χ0n) is 5.66. The zero-order chi connectivity index (χ0) is 7.40. The Kier molecular flexibility index (Phi) is 2.47. The molecule has 0 aliphatic rings. The van der Waals surface area contributed by atoms with Crippen LogP contribution in [0.15, 0.2) is 24.3 Å². The van der Waals surface area contributed by atoms with E-state index in [1.807, 2.05) is 24.3 Å². The highest BCUT2D eigenvalue weighted by Gasteiger charge is 1.98. The number of hydrogen-bond donors (Lipinski definition) is 1. The Morgan fingerprint density at radius 2 is 2.10 bits per heavy atom. The van der Waals surface area contributed by atoms with Gasteiger partial charge in [-0.1, -0.05) is 18.2 Å². The van der Waals surface area contributed by atoms with E-state index in [1.54, 1.807) is 7.11 Å². The second kappa shape index (κ2) is 3.39. The zero-order valence-corrected chi connectivity index (χ0v) is 6.66. The van der Waals surface area contributed by atoms with E-state index in [1.165, 1.54) is 0 Å². The Morgan fingerprint density at radius 3 is 2.60 bits per heavy atom. The van der Waals surface area contributed by atoms with Crippen LogP contribution in [0.25, 0.3) is 0 Å². The first-order chi connectivity index (χ1) is 4.88. The molecule has 0 saturated heterocycles. The molecule has 2 nitrogen and oxygen atoms in total. The molecular weight excluding hydrogens is 144 g/mol. The standard InChI is InChI=1S/C7H8O2Si/c1-9-6-4-2-3-5-7(6)10-8/h2-5,8H,1H3. The van der Waals surface area contributed by atoms with Crippen molar-refractivity contribution in [2.45, 2.75) is 0 Å². The SMILES string of the molecule is COc1ccccc1[Si]O. The van der Waals surface area contributed by atoms with E-state index < -0.39 is 0 Å². The Morgan fingerprint density at radius 1 is 1.40 bits per heavy atom. The second-order valence-electron chi connectivity index (χ2n) is 1.81. The normalized spacial score (nSPS) is 9.40. The van der Waals surface area contributed by atoms with Gasteiger partial charge in [0.1, 0.15) is 5.75 Å². The van der Waals surface area contributed by atoms with Crippen LogP contribution >= 0.6 is 0 Å². The molecular formula is C7H8O2Si. The molecule has 0 atom stereocenters. The van der Waals surface area contributed by atoms with Gasteiger partial charge in [-0.2, -0.15) is 0 Å². The largest absolute Gasteiger partial charge is 0.497 e. The summed E-state index contributed by atoms with van der Waals surface area (Å²) in [5.41, 5.74) is 0. The Bertz CT molecular complexity index is 190.